The van der Waals surface area contributed by atoms with Gasteiger partial charge in [0.05, 0.1) is 19.9 Å². The normalized spacial score (nSPS) is 10.0. The predicted molar refractivity (Wildman–Crippen MR) is 92.3 cm³/mol. The lowest BCUT2D eigenvalue weighted by Crippen LogP contribution is -2.22. The van der Waals surface area contributed by atoms with E-state index in [4.69, 9.17) is 9.47 Å². The van der Waals surface area contributed by atoms with Gasteiger partial charge in [-0.1, -0.05) is 11.6 Å². The van der Waals surface area contributed by atoms with E-state index in [1.807, 2.05) is 6.92 Å². The van der Waals surface area contributed by atoms with Gasteiger partial charge < -0.3 is 19.5 Å². The van der Waals surface area contributed by atoms with Crippen molar-refractivity contribution in [3.05, 3.63) is 45.6 Å². The maximum atomic E-state index is 12.2. The number of hydrogen-bond donors (Lipinski definition) is 1. The van der Waals surface area contributed by atoms with Crippen molar-refractivity contribution in [2.75, 3.05) is 26.1 Å². The van der Waals surface area contributed by atoms with Gasteiger partial charge in [0, 0.05) is 0 Å². The molecule has 0 spiro atoms. The van der Waals surface area contributed by atoms with Crippen LogP contribution < -0.4 is 10.1 Å². The highest BCUT2D eigenvalue weighted by Gasteiger charge is 2.18. The highest BCUT2D eigenvalue weighted by molar-refractivity contribution is 7.12. The highest BCUT2D eigenvalue weighted by atomic mass is 32.1. The number of hydrogen-bond acceptors (Lipinski definition) is 7. The number of carbonyl (C=O) groups is 3. The molecule has 8 heteroatoms. The third kappa shape index (κ3) is 4.57. The van der Waals surface area contributed by atoms with Gasteiger partial charge in [-0.05, 0) is 30.5 Å². The van der Waals surface area contributed by atoms with Crippen LogP contribution in [0.15, 0.2) is 29.6 Å². The molecule has 1 aromatic heterocycles. The van der Waals surface area contributed by atoms with Crippen molar-refractivity contribution in [3.63, 3.8) is 0 Å². The van der Waals surface area contributed by atoms with Crippen LogP contribution in [0, 0.1) is 6.92 Å². The fourth-order valence-corrected chi connectivity index (χ4v) is 2.80. The lowest BCUT2D eigenvalue weighted by Gasteiger charge is -2.10. The summed E-state index contributed by atoms with van der Waals surface area (Å²) in [7, 11) is 2.70. The zero-order valence-electron chi connectivity index (χ0n) is 14.0. The molecule has 1 amide bonds. The Balaban J connectivity index is 1.99. The van der Waals surface area contributed by atoms with Crippen LogP contribution in [0.3, 0.4) is 0 Å². The average Bonchev–Trinajstić information content (AvgIpc) is 3.06. The van der Waals surface area contributed by atoms with Crippen LogP contribution in [0.2, 0.25) is 0 Å². The molecule has 1 heterocycles. The number of esters is 2. The van der Waals surface area contributed by atoms with Gasteiger partial charge in [-0.25, -0.2) is 9.59 Å². The molecule has 1 aromatic carbocycles. The van der Waals surface area contributed by atoms with Gasteiger partial charge in [-0.15, -0.1) is 11.3 Å². The van der Waals surface area contributed by atoms with E-state index in [1.54, 1.807) is 29.6 Å². The lowest BCUT2D eigenvalue weighted by atomic mass is 10.1. The molecule has 0 aliphatic carbocycles. The molecule has 0 atom stereocenters. The second-order valence-corrected chi connectivity index (χ2v) is 5.90. The van der Waals surface area contributed by atoms with Crippen LogP contribution in [-0.4, -0.2) is 38.7 Å². The summed E-state index contributed by atoms with van der Waals surface area (Å²) in [5.74, 6) is -1.42. The standard InChI is InChI=1S/C17H17NO6S/c1-10-4-5-13(22-2)11(8-10)16(20)24-9-14(19)18-12-6-7-25-15(12)17(21)23-3/h4-8H,9H2,1-3H3,(H,18,19). The van der Waals surface area contributed by atoms with Crippen LogP contribution in [0.25, 0.3) is 0 Å². The van der Waals surface area contributed by atoms with E-state index >= 15 is 0 Å². The highest BCUT2D eigenvalue weighted by Crippen LogP contribution is 2.23. The first-order valence-corrected chi connectivity index (χ1v) is 8.11. The van der Waals surface area contributed by atoms with Crippen molar-refractivity contribution in [3.8, 4) is 5.75 Å². The van der Waals surface area contributed by atoms with Crippen molar-refractivity contribution in [2.24, 2.45) is 0 Å². The molecular formula is C17H17NO6S. The second kappa shape index (κ2) is 8.29. The van der Waals surface area contributed by atoms with E-state index in [0.29, 0.717) is 11.4 Å². The number of rotatable bonds is 6. The predicted octanol–water partition coefficient (Wildman–Crippen LogP) is 2.65. The van der Waals surface area contributed by atoms with E-state index in [9.17, 15) is 14.4 Å². The Morgan fingerprint density at radius 1 is 1.12 bits per heavy atom. The van der Waals surface area contributed by atoms with Crippen LogP contribution in [0.5, 0.6) is 5.75 Å². The average molecular weight is 363 g/mol. The summed E-state index contributed by atoms with van der Waals surface area (Å²) >= 11 is 1.14. The number of benzene rings is 1. The molecule has 25 heavy (non-hydrogen) atoms. The topological polar surface area (TPSA) is 90.9 Å². The molecule has 1 N–H and O–H groups in total. The van der Waals surface area contributed by atoms with E-state index in [-0.39, 0.29) is 10.4 Å². The molecule has 0 radical (unpaired) electrons. The van der Waals surface area contributed by atoms with Gasteiger partial charge in [0.2, 0.25) is 0 Å². The molecule has 0 aliphatic rings. The Kier molecular flexibility index (Phi) is 6.13. The summed E-state index contributed by atoms with van der Waals surface area (Å²) in [5, 5.41) is 4.16. The number of aryl methyl sites for hydroxylation is 1. The van der Waals surface area contributed by atoms with Crippen molar-refractivity contribution in [1.29, 1.82) is 0 Å². The third-order valence-electron chi connectivity index (χ3n) is 3.22. The van der Waals surface area contributed by atoms with Crippen LogP contribution in [0.4, 0.5) is 5.69 Å². The van der Waals surface area contributed by atoms with Gasteiger partial charge in [-0.3, -0.25) is 4.79 Å². The van der Waals surface area contributed by atoms with Crippen LogP contribution >= 0.6 is 11.3 Å². The number of carbonyl (C=O) groups excluding carboxylic acids is 3. The van der Waals surface area contributed by atoms with Gasteiger partial charge >= 0.3 is 11.9 Å². The lowest BCUT2D eigenvalue weighted by molar-refractivity contribution is -0.119. The monoisotopic (exact) mass is 363 g/mol. The Bertz CT molecular complexity index is 798. The minimum Gasteiger partial charge on any atom is -0.496 e. The number of ether oxygens (including phenoxy) is 3. The van der Waals surface area contributed by atoms with Crippen LogP contribution in [0.1, 0.15) is 25.6 Å². The first-order valence-electron chi connectivity index (χ1n) is 7.23. The van der Waals surface area contributed by atoms with Crippen LogP contribution in [-0.2, 0) is 14.3 Å². The molecule has 2 rings (SSSR count). The SMILES string of the molecule is COC(=O)c1sccc1NC(=O)COC(=O)c1cc(C)ccc1OC. The summed E-state index contributed by atoms with van der Waals surface area (Å²) in [6, 6.07) is 6.64. The zero-order chi connectivity index (χ0) is 18.4. The van der Waals surface area contributed by atoms with E-state index in [1.165, 1.54) is 14.2 Å². The molecule has 0 unspecified atom stereocenters. The summed E-state index contributed by atoms with van der Waals surface area (Å²) in [5.41, 5.74) is 1.41. The zero-order valence-corrected chi connectivity index (χ0v) is 14.8. The number of thiophene rings is 1. The summed E-state index contributed by atoms with van der Waals surface area (Å²) in [4.78, 5) is 35.9. The second-order valence-electron chi connectivity index (χ2n) is 4.98. The van der Waals surface area contributed by atoms with Crippen molar-refractivity contribution in [2.45, 2.75) is 6.92 Å². The molecule has 0 bridgehead atoms. The molecule has 132 valence electrons. The van der Waals surface area contributed by atoms with Gasteiger partial charge in [0.25, 0.3) is 5.91 Å². The summed E-state index contributed by atoms with van der Waals surface area (Å²) in [6.45, 7) is 1.33. The smallest absolute Gasteiger partial charge is 0.350 e. The largest absolute Gasteiger partial charge is 0.496 e. The van der Waals surface area contributed by atoms with Crippen molar-refractivity contribution >= 4 is 34.9 Å². The minimum atomic E-state index is -0.672. The number of amides is 1. The maximum absolute atomic E-state index is 12.2. The minimum absolute atomic E-state index is 0.237. The molecule has 0 saturated carbocycles. The molecule has 0 aliphatic heterocycles. The Labute approximate surface area is 148 Å². The first kappa shape index (κ1) is 18.5. The quantitative estimate of drug-likeness (QED) is 0.794. The number of anilines is 1. The van der Waals surface area contributed by atoms with Crippen molar-refractivity contribution < 1.29 is 28.6 Å². The molecule has 0 fully saturated rings. The van der Waals surface area contributed by atoms with E-state index in [0.717, 1.165) is 16.9 Å². The fourth-order valence-electron chi connectivity index (χ4n) is 2.03. The molecular weight excluding hydrogens is 346 g/mol. The van der Waals surface area contributed by atoms with Gasteiger partial charge in [0.1, 0.15) is 16.2 Å². The Morgan fingerprint density at radius 2 is 1.88 bits per heavy atom. The van der Waals surface area contributed by atoms with Gasteiger partial charge in [-0.2, -0.15) is 0 Å². The molecule has 0 saturated heterocycles. The maximum Gasteiger partial charge on any atom is 0.350 e. The molecule has 7 nitrogen and oxygen atoms in total. The Morgan fingerprint density at radius 3 is 2.56 bits per heavy atom. The van der Waals surface area contributed by atoms with E-state index in [2.05, 4.69) is 10.1 Å². The third-order valence-corrected chi connectivity index (χ3v) is 4.11. The fraction of sp³-hybridized carbons (Fsp3) is 0.235. The van der Waals surface area contributed by atoms with E-state index < -0.39 is 24.5 Å². The number of nitrogens with one attached hydrogen (secondary N) is 1. The summed E-state index contributed by atoms with van der Waals surface area (Å²) < 4.78 is 14.8. The van der Waals surface area contributed by atoms with Gasteiger partial charge in [0.15, 0.2) is 6.61 Å². The summed E-state index contributed by atoms with van der Waals surface area (Å²) in [6.07, 6.45) is 0. The first-order chi connectivity index (χ1) is 12.0. The molecule has 2 aromatic rings. The van der Waals surface area contributed by atoms with Crippen molar-refractivity contribution in [1.82, 2.24) is 0 Å². The Hall–Kier alpha value is -2.87. The number of methoxy groups -OCH3 is 2.